The number of carbonyl (C=O) groups is 2. The number of fused-ring (bicyclic) bond motifs is 1. The number of amides is 2. The van der Waals surface area contributed by atoms with E-state index in [1.54, 1.807) is 0 Å². The summed E-state index contributed by atoms with van der Waals surface area (Å²) in [6.07, 6.45) is 1.96. The van der Waals surface area contributed by atoms with Gasteiger partial charge in [-0.3, -0.25) is 0 Å². The molecule has 0 radical (unpaired) electrons. The Morgan fingerprint density at radius 1 is 1.42 bits per heavy atom. The fourth-order valence-electron chi connectivity index (χ4n) is 3.04. The highest BCUT2D eigenvalue weighted by Crippen LogP contribution is 2.34. The molecule has 2 atom stereocenters. The van der Waals surface area contributed by atoms with Crippen molar-refractivity contribution in [3.8, 4) is 0 Å². The van der Waals surface area contributed by atoms with Gasteiger partial charge in [0.25, 0.3) is 0 Å². The molecular weight excluding hydrogens is 346 g/mol. The molecule has 0 saturated heterocycles. The molecule has 2 aromatic rings. The lowest BCUT2D eigenvalue weighted by atomic mass is 9.95. The SMILES string of the molecule is COC(=O)C(C)NC(=O)N1CCc2[nH]cnc2C1c1ccc(F)cc1F. The summed E-state index contributed by atoms with van der Waals surface area (Å²) >= 11 is 0. The van der Waals surface area contributed by atoms with Crippen LogP contribution in [0.15, 0.2) is 24.5 Å². The van der Waals surface area contributed by atoms with Gasteiger partial charge in [-0.05, 0) is 13.0 Å². The smallest absolute Gasteiger partial charge is 0.328 e. The second kappa shape index (κ2) is 7.11. The molecule has 7 nitrogen and oxygen atoms in total. The largest absolute Gasteiger partial charge is 0.467 e. The molecule has 1 aromatic carbocycles. The number of carbonyl (C=O) groups excluding carboxylic acids is 2. The minimum atomic E-state index is -0.869. The van der Waals surface area contributed by atoms with E-state index in [9.17, 15) is 18.4 Å². The molecule has 1 aliphatic rings. The number of esters is 1. The van der Waals surface area contributed by atoms with E-state index in [1.807, 2.05) is 0 Å². The van der Waals surface area contributed by atoms with Crippen molar-refractivity contribution in [2.75, 3.05) is 13.7 Å². The zero-order valence-electron chi connectivity index (χ0n) is 14.3. The summed E-state index contributed by atoms with van der Waals surface area (Å²) in [5, 5.41) is 2.53. The maximum absolute atomic E-state index is 14.4. The summed E-state index contributed by atoms with van der Waals surface area (Å²) < 4.78 is 32.3. The van der Waals surface area contributed by atoms with Gasteiger partial charge in [-0.15, -0.1) is 0 Å². The van der Waals surface area contributed by atoms with E-state index in [0.29, 0.717) is 12.1 Å². The fourth-order valence-corrected chi connectivity index (χ4v) is 3.04. The third kappa shape index (κ3) is 3.24. The number of hydrogen-bond donors (Lipinski definition) is 2. The van der Waals surface area contributed by atoms with Gasteiger partial charge >= 0.3 is 12.0 Å². The maximum Gasteiger partial charge on any atom is 0.328 e. The first-order valence-corrected chi connectivity index (χ1v) is 8.04. The number of imidazole rings is 1. The van der Waals surface area contributed by atoms with Crippen LogP contribution in [0.5, 0.6) is 0 Å². The number of nitrogens with one attached hydrogen (secondary N) is 2. The average Bonchev–Trinajstić information content (AvgIpc) is 3.09. The highest BCUT2D eigenvalue weighted by molar-refractivity contribution is 5.83. The minimum absolute atomic E-state index is 0.125. The number of halogens is 2. The van der Waals surface area contributed by atoms with Crippen molar-refractivity contribution in [1.29, 1.82) is 0 Å². The zero-order valence-corrected chi connectivity index (χ0v) is 14.3. The summed E-state index contributed by atoms with van der Waals surface area (Å²) in [5.74, 6) is -2.08. The van der Waals surface area contributed by atoms with Crippen LogP contribution in [-0.2, 0) is 16.0 Å². The Labute approximate surface area is 148 Å². The zero-order chi connectivity index (χ0) is 18.8. The molecule has 0 spiro atoms. The van der Waals surface area contributed by atoms with E-state index < -0.39 is 35.7 Å². The molecule has 0 bridgehead atoms. The van der Waals surface area contributed by atoms with Crippen LogP contribution in [0, 0.1) is 11.6 Å². The predicted molar refractivity (Wildman–Crippen MR) is 87.2 cm³/mol. The van der Waals surface area contributed by atoms with Gasteiger partial charge in [-0.1, -0.05) is 6.07 Å². The number of H-pyrrole nitrogens is 1. The molecule has 3 rings (SSSR count). The Kier molecular flexibility index (Phi) is 4.88. The van der Waals surface area contributed by atoms with Crippen molar-refractivity contribution in [3.63, 3.8) is 0 Å². The van der Waals surface area contributed by atoms with E-state index in [0.717, 1.165) is 17.8 Å². The van der Waals surface area contributed by atoms with E-state index in [1.165, 1.54) is 31.3 Å². The van der Waals surface area contributed by atoms with Crippen LogP contribution < -0.4 is 5.32 Å². The molecule has 2 N–H and O–H groups in total. The third-order valence-electron chi connectivity index (χ3n) is 4.34. The molecule has 26 heavy (non-hydrogen) atoms. The number of hydrogen-bond acceptors (Lipinski definition) is 4. The highest BCUT2D eigenvalue weighted by atomic mass is 19.1. The number of aromatic amines is 1. The van der Waals surface area contributed by atoms with Crippen LogP contribution in [-0.4, -0.2) is 46.6 Å². The molecule has 2 heterocycles. The first-order valence-electron chi connectivity index (χ1n) is 8.04. The summed E-state index contributed by atoms with van der Waals surface area (Å²) in [6.45, 7) is 1.76. The van der Waals surface area contributed by atoms with Crippen molar-refractivity contribution in [2.24, 2.45) is 0 Å². The molecule has 1 aromatic heterocycles. The summed E-state index contributed by atoms with van der Waals surface area (Å²) in [4.78, 5) is 32.8. The number of methoxy groups -OCH3 is 1. The van der Waals surface area contributed by atoms with Crippen LogP contribution in [0.2, 0.25) is 0 Å². The van der Waals surface area contributed by atoms with Crippen LogP contribution in [0.4, 0.5) is 13.6 Å². The molecule has 0 fully saturated rings. The van der Waals surface area contributed by atoms with Crippen molar-refractivity contribution in [3.05, 3.63) is 53.1 Å². The number of benzene rings is 1. The average molecular weight is 364 g/mol. The van der Waals surface area contributed by atoms with E-state index in [2.05, 4.69) is 20.0 Å². The van der Waals surface area contributed by atoms with E-state index in [-0.39, 0.29) is 12.1 Å². The minimum Gasteiger partial charge on any atom is -0.467 e. The third-order valence-corrected chi connectivity index (χ3v) is 4.34. The van der Waals surface area contributed by atoms with Gasteiger partial charge in [0.15, 0.2) is 0 Å². The molecule has 0 saturated carbocycles. The van der Waals surface area contributed by atoms with Crippen molar-refractivity contribution in [1.82, 2.24) is 20.2 Å². The fraction of sp³-hybridized carbons (Fsp3) is 0.353. The van der Waals surface area contributed by atoms with Crippen LogP contribution >= 0.6 is 0 Å². The number of ether oxygens (including phenoxy) is 1. The predicted octanol–water partition coefficient (Wildman–Crippen LogP) is 1.91. The Balaban J connectivity index is 1.96. The van der Waals surface area contributed by atoms with Crippen molar-refractivity contribution >= 4 is 12.0 Å². The topological polar surface area (TPSA) is 87.3 Å². The van der Waals surface area contributed by atoms with Crippen LogP contribution in [0.25, 0.3) is 0 Å². The second-order valence-corrected chi connectivity index (χ2v) is 5.97. The standard InChI is InChI=1S/C17H18F2N4O3/c1-9(16(24)26-2)22-17(25)23-6-5-13-14(21-8-20-13)15(23)11-4-3-10(18)7-12(11)19/h3-4,7-9,15H,5-6H2,1-2H3,(H,20,21)(H,22,25). The van der Waals surface area contributed by atoms with Gasteiger partial charge in [0, 0.05) is 30.3 Å². The lowest BCUT2D eigenvalue weighted by Gasteiger charge is -2.35. The van der Waals surface area contributed by atoms with E-state index in [4.69, 9.17) is 0 Å². The van der Waals surface area contributed by atoms with Gasteiger partial charge in [-0.25, -0.2) is 23.4 Å². The maximum atomic E-state index is 14.4. The number of rotatable bonds is 3. The molecule has 2 unspecified atom stereocenters. The molecule has 9 heteroatoms. The van der Waals surface area contributed by atoms with Gasteiger partial charge in [0.2, 0.25) is 0 Å². The molecule has 2 amide bonds. The van der Waals surface area contributed by atoms with Crippen molar-refractivity contribution in [2.45, 2.75) is 25.4 Å². The first-order chi connectivity index (χ1) is 12.4. The lowest BCUT2D eigenvalue weighted by Crippen LogP contribution is -2.50. The summed E-state index contributed by atoms with van der Waals surface area (Å²) in [7, 11) is 1.22. The Bertz CT molecular complexity index is 839. The van der Waals surface area contributed by atoms with Crippen molar-refractivity contribution < 1.29 is 23.1 Å². The van der Waals surface area contributed by atoms with Gasteiger partial charge in [-0.2, -0.15) is 0 Å². The number of nitrogens with zero attached hydrogens (tertiary/aromatic N) is 2. The van der Waals surface area contributed by atoms with Gasteiger partial charge in [0.05, 0.1) is 19.1 Å². The second-order valence-electron chi connectivity index (χ2n) is 5.97. The van der Waals surface area contributed by atoms with Gasteiger partial charge in [0.1, 0.15) is 23.7 Å². The lowest BCUT2D eigenvalue weighted by molar-refractivity contribution is -0.142. The van der Waals surface area contributed by atoms with Crippen LogP contribution in [0.3, 0.4) is 0 Å². The Morgan fingerprint density at radius 2 is 2.19 bits per heavy atom. The van der Waals surface area contributed by atoms with E-state index >= 15 is 0 Å². The molecular formula is C17H18F2N4O3. The van der Waals surface area contributed by atoms with Gasteiger partial charge < -0.3 is 19.9 Å². The molecule has 1 aliphatic heterocycles. The highest BCUT2D eigenvalue weighted by Gasteiger charge is 2.36. The number of aromatic nitrogens is 2. The summed E-state index contributed by atoms with van der Waals surface area (Å²) in [6, 6.07) is 0.923. The summed E-state index contributed by atoms with van der Waals surface area (Å²) in [5.41, 5.74) is 1.40. The monoisotopic (exact) mass is 364 g/mol. The quantitative estimate of drug-likeness (QED) is 0.815. The van der Waals surface area contributed by atoms with Crippen LogP contribution in [0.1, 0.15) is 29.9 Å². The molecule has 0 aliphatic carbocycles. The normalized spacial score (nSPS) is 17.4. The Morgan fingerprint density at radius 3 is 2.88 bits per heavy atom. The molecule has 138 valence electrons. The number of urea groups is 1. The first kappa shape index (κ1) is 17.8. The Hall–Kier alpha value is -2.97.